The molecule has 0 saturated heterocycles. The SMILES string of the molecule is Cc1nc(-c2cccc(OC(C)C)c2)nc(Cl)c1C(C)C. The Morgan fingerprint density at radius 1 is 1.10 bits per heavy atom. The van der Waals surface area contributed by atoms with Crippen molar-refractivity contribution in [3.8, 4) is 17.1 Å². The Balaban J connectivity index is 2.43. The molecule has 112 valence electrons. The van der Waals surface area contributed by atoms with Gasteiger partial charge in [-0.25, -0.2) is 9.97 Å². The molecule has 0 radical (unpaired) electrons. The second-order valence-electron chi connectivity index (χ2n) is 5.69. The smallest absolute Gasteiger partial charge is 0.161 e. The van der Waals surface area contributed by atoms with Crippen LogP contribution in [-0.2, 0) is 0 Å². The van der Waals surface area contributed by atoms with Gasteiger partial charge in [0.15, 0.2) is 5.82 Å². The Morgan fingerprint density at radius 3 is 2.38 bits per heavy atom. The van der Waals surface area contributed by atoms with Gasteiger partial charge in [-0.05, 0) is 38.8 Å². The van der Waals surface area contributed by atoms with Gasteiger partial charge in [0.1, 0.15) is 10.9 Å². The van der Waals surface area contributed by atoms with Crippen molar-refractivity contribution in [2.45, 2.75) is 46.6 Å². The maximum absolute atomic E-state index is 6.32. The van der Waals surface area contributed by atoms with E-state index in [4.69, 9.17) is 16.3 Å². The molecule has 0 bridgehead atoms. The molecule has 2 aromatic rings. The lowest BCUT2D eigenvalue weighted by atomic mass is 10.0. The van der Waals surface area contributed by atoms with Gasteiger partial charge in [0, 0.05) is 16.8 Å². The molecule has 2 rings (SSSR count). The third-order valence-corrected chi connectivity index (χ3v) is 3.42. The number of ether oxygens (including phenoxy) is 1. The highest BCUT2D eigenvalue weighted by Crippen LogP contribution is 2.29. The minimum Gasteiger partial charge on any atom is -0.491 e. The highest BCUT2D eigenvalue weighted by Gasteiger charge is 2.14. The van der Waals surface area contributed by atoms with Gasteiger partial charge < -0.3 is 4.74 Å². The van der Waals surface area contributed by atoms with Crippen molar-refractivity contribution in [3.63, 3.8) is 0 Å². The van der Waals surface area contributed by atoms with E-state index in [9.17, 15) is 0 Å². The van der Waals surface area contributed by atoms with Crippen molar-refractivity contribution in [1.29, 1.82) is 0 Å². The zero-order valence-corrected chi connectivity index (χ0v) is 13.9. The van der Waals surface area contributed by atoms with E-state index in [0.29, 0.717) is 16.9 Å². The molecule has 0 amide bonds. The van der Waals surface area contributed by atoms with E-state index in [2.05, 4.69) is 23.8 Å². The summed E-state index contributed by atoms with van der Waals surface area (Å²) >= 11 is 6.32. The molecule has 1 heterocycles. The van der Waals surface area contributed by atoms with Gasteiger partial charge in [-0.15, -0.1) is 0 Å². The molecule has 0 unspecified atom stereocenters. The average molecular weight is 305 g/mol. The topological polar surface area (TPSA) is 35.0 Å². The summed E-state index contributed by atoms with van der Waals surface area (Å²) in [6, 6.07) is 7.78. The third-order valence-electron chi connectivity index (χ3n) is 3.13. The summed E-state index contributed by atoms with van der Waals surface area (Å²) in [5.74, 6) is 1.76. The summed E-state index contributed by atoms with van der Waals surface area (Å²) in [6.07, 6.45) is 0.134. The summed E-state index contributed by atoms with van der Waals surface area (Å²) in [7, 11) is 0. The molecule has 0 saturated carbocycles. The molecule has 3 nitrogen and oxygen atoms in total. The lowest BCUT2D eigenvalue weighted by Crippen LogP contribution is -2.06. The van der Waals surface area contributed by atoms with Crippen LogP contribution in [0.5, 0.6) is 5.75 Å². The Morgan fingerprint density at radius 2 is 1.81 bits per heavy atom. The van der Waals surface area contributed by atoms with Crippen LogP contribution in [0.15, 0.2) is 24.3 Å². The van der Waals surface area contributed by atoms with E-state index in [-0.39, 0.29) is 6.10 Å². The molecule has 0 atom stereocenters. The molecular formula is C17H21ClN2O. The van der Waals surface area contributed by atoms with Crippen LogP contribution in [0.2, 0.25) is 5.15 Å². The quantitative estimate of drug-likeness (QED) is 0.744. The molecule has 21 heavy (non-hydrogen) atoms. The van der Waals surface area contributed by atoms with E-state index >= 15 is 0 Å². The van der Waals surface area contributed by atoms with Crippen molar-refractivity contribution in [1.82, 2.24) is 9.97 Å². The van der Waals surface area contributed by atoms with Crippen molar-refractivity contribution in [2.24, 2.45) is 0 Å². The molecule has 0 spiro atoms. The van der Waals surface area contributed by atoms with Crippen molar-refractivity contribution >= 4 is 11.6 Å². The second kappa shape index (κ2) is 6.44. The van der Waals surface area contributed by atoms with Gasteiger partial charge in [0.25, 0.3) is 0 Å². The third kappa shape index (κ3) is 3.73. The predicted octanol–water partition coefficient (Wildman–Crippen LogP) is 5.02. The van der Waals surface area contributed by atoms with Crippen LogP contribution < -0.4 is 4.74 Å². The number of hydrogen-bond acceptors (Lipinski definition) is 3. The van der Waals surface area contributed by atoms with E-state index < -0.39 is 0 Å². The maximum atomic E-state index is 6.32. The van der Waals surface area contributed by atoms with Crippen LogP contribution >= 0.6 is 11.6 Å². The van der Waals surface area contributed by atoms with Crippen LogP contribution in [0.25, 0.3) is 11.4 Å². The fourth-order valence-electron chi connectivity index (χ4n) is 2.31. The molecule has 1 aromatic carbocycles. The van der Waals surface area contributed by atoms with Crippen molar-refractivity contribution in [2.75, 3.05) is 0 Å². The molecule has 0 fully saturated rings. The number of benzene rings is 1. The number of hydrogen-bond donors (Lipinski definition) is 0. The lowest BCUT2D eigenvalue weighted by Gasteiger charge is -2.13. The predicted molar refractivity (Wildman–Crippen MR) is 87.1 cm³/mol. The first-order valence-electron chi connectivity index (χ1n) is 7.19. The standard InChI is InChI=1S/C17H21ClN2O/c1-10(2)15-12(5)19-17(20-16(15)18)13-7-6-8-14(9-13)21-11(3)4/h6-11H,1-5H3. The van der Waals surface area contributed by atoms with Gasteiger partial charge in [-0.2, -0.15) is 0 Å². The van der Waals surface area contributed by atoms with Crippen LogP contribution in [-0.4, -0.2) is 16.1 Å². The molecular weight excluding hydrogens is 284 g/mol. The van der Waals surface area contributed by atoms with E-state index in [1.54, 1.807) is 0 Å². The van der Waals surface area contributed by atoms with Crippen LogP contribution in [0.3, 0.4) is 0 Å². The fourth-order valence-corrected chi connectivity index (χ4v) is 2.75. The summed E-state index contributed by atoms with van der Waals surface area (Å²) in [4.78, 5) is 9.04. The highest BCUT2D eigenvalue weighted by molar-refractivity contribution is 6.30. The highest BCUT2D eigenvalue weighted by atomic mass is 35.5. The summed E-state index contributed by atoms with van der Waals surface area (Å²) in [5.41, 5.74) is 2.85. The van der Waals surface area contributed by atoms with Crippen molar-refractivity contribution < 1.29 is 4.74 Å². The van der Waals surface area contributed by atoms with Gasteiger partial charge in [0.2, 0.25) is 0 Å². The number of aromatic nitrogens is 2. The minimum atomic E-state index is 0.134. The van der Waals surface area contributed by atoms with Gasteiger partial charge >= 0.3 is 0 Å². The first-order chi connectivity index (χ1) is 9.88. The zero-order valence-electron chi connectivity index (χ0n) is 13.1. The van der Waals surface area contributed by atoms with E-state index in [0.717, 1.165) is 22.6 Å². The van der Waals surface area contributed by atoms with Crippen LogP contribution in [0.4, 0.5) is 0 Å². The Hall–Kier alpha value is -1.61. The zero-order chi connectivity index (χ0) is 15.6. The molecule has 0 N–H and O–H groups in total. The summed E-state index contributed by atoms with van der Waals surface area (Å²) in [5, 5.41) is 0.530. The lowest BCUT2D eigenvalue weighted by molar-refractivity contribution is 0.242. The Bertz CT molecular complexity index is 615. The van der Waals surface area contributed by atoms with Gasteiger partial charge in [-0.1, -0.05) is 37.6 Å². The molecule has 4 heteroatoms. The van der Waals surface area contributed by atoms with E-state index in [1.165, 1.54) is 0 Å². The van der Waals surface area contributed by atoms with Gasteiger partial charge in [-0.3, -0.25) is 0 Å². The number of rotatable bonds is 4. The number of aryl methyl sites for hydroxylation is 1. The molecule has 0 aliphatic rings. The first-order valence-corrected chi connectivity index (χ1v) is 7.57. The molecule has 0 aliphatic carbocycles. The van der Waals surface area contributed by atoms with Crippen LogP contribution in [0.1, 0.15) is 44.9 Å². The van der Waals surface area contributed by atoms with Crippen LogP contribution in [0, 0.1) is 6.92 Å². The Kier molecular flexibility index (Phi) is 4.84. The first kappa shape index (κ1) is 15.8. The summed E-state index contributed by atoms with van der Waals surface area (Å²) in [6.45, 7) is 10.2. The molecule has 0 aliphatic heterocycles. The monoisotopic (exact) mass is 304 g/mol. The fraction of sp³-hybridized carbons (Fsp3) is 0.412. The van der Waals surface area contributed by atoms with Gasteiger partial charge in [0.05, 0.1) is 6.10 Å². The normalized spacial score (nSPS) is 11.2. The number of halogens is 1. The largest absolute Gasteiger partial charge is 0.491 e. The second-order valence-corrected chi connectivity index (χ2v) is 6.04. The summed E-state index contributed by atoms with van der Waals surface area (Å²) < 4.78 is 5.71. The average Bonchev–Trinajstić information content (AvgIpc) is 2.36. The van der Waals surface area contributed by atoms with Crippen molar-refractivity contribution in [3.05, 3.63) is 40.7 Å². The maximum Gasteiger partial charge on any atom is 0.161 e. The Labute approximate surface area is 131 Å². The molecule has 1 aromatic heterocycles. The number of nitrogens with zero attached hydrogens (tertiary/aromatic N) is 2. The van der Waals surface area contributed by atoms with E-state index in [1.807, 2.05) is 45.0 Å². The minimum absolute atomic E-state index is 0.134.